The number of ether oxygens (including phenoxy) is 1. The number of fused-ring (bicyclic) bond motifs is 1. The molecule has 6 nitrogen and oxygen atoms in total. The van der Waals surface area contributed by atoms with Crippen LogP contribution in [-0.2, 0) is 12.8 Å². The molecule has 0 saturated carbocycles. The molecule has 192 valence electrons. The maximum absolute atomic E-state index is 13.4. The van der Waals surface area contributed by atoms with Gasteiger partial charge in [-0.1, -0.05) is 48.2 Å². The van der Waals surface area contributed by atoms with E-state index in [2.05, 4.69) is 28.2 Å². The highest BCUT2D eigenvalue weighted by Crippen LogP contribution is 2.23. The molecular weight excluding hydrogens is 474 g/mol. The minimum Gasteiger partial charge on any atom is -0.490 e. The van der Waals surface area contributed by atoms with Crippen molar-refractivity contribution in [3.63, 3.8) is 0 Å². The minimum absolute atomic E-state index is 0.120. The largest absolute Gasteiger partial charge is 0.490 e. The predicted octanol–water partition coefficient (Wildman–Crippen LogP) is 5.14. The number of aliphatic hydroxyl groups excluding tert-OH is 1. The second-order valence-corrected chi connectivity index (χ2v) is 9.36. The van der Waals surface area contributed by atoms with Gasteiger partial charge in [0.15, 0.2) is 0 Å². The van der Waals surface area contributed by atoms with Crippen molar-refractivity contribution in [2.45, 2.75) is 45.3 Å². The van der Waals surface area contributed by atoms with E-state index in [4.69, 9.17) is 10.00 Å². The normalized spacial score (nSPS) is 11.4. The Morgan fingerprint density at radius 3 is 2.63 bits per heavy atom. The van der Waals surface area contributed by atoms with Gasteiger partial charge in [-0.2, -0.15) is 5.26 Å². The smallest absolute Gasteiger partial charge is 0.255 e. The van der Waals surface area contributed by atoms with E-state index in [0.717, 1.165) is 27.6 Å². The lowest BCUT2D eigenvalue weighted by atomic mass is 10.0. The van der Waals surface area contributed by atoms with Crippen LogP contribution < -0.4 is 10.1 Å². The lowest BCUT2D eigenvalue weighted by Crippen LogP contribution is -2.39. The van der Waals surface area contributed by atoms with Crippen molar-refractivity contribution >= 4 is 16.8 Å². The van der Waals surface area contributed by atoms with Crippen molar-refractivity contribution in [2.75, 3.05) is 6.61 Å². The van der Waals surface area contributed by atoms with Gasteiger partial charge in [0.25, 0.3) is 5.91 Å². The molecule has 0 aliphatic rings. The summed E-state index contributed by atoms with van der Waals surface area (Å²) in [4.78, 5) is 16.7. The van der Waals surface area contributed by atoms with Gasteiger partial charge in [-0.3, -0.25) is 4.79 Å². The van der Waals surface area contributed by atoms with Crippen molar-refractivity contribution in [3.8, 4) is 23.7 Å². The van der Waals surface area contributed by atoms with Gasteiger partial charge in [0.2, 0.25) is 0 Å². The number of para-hydroxylation sites is 1. The standard InChI is InChI=1S/C32H31N3O3/c1-22(2)38-31-16-14-23(13-15-25-9-4-3-8-24(25)10-7-17-33)18-29(31)32(37)35-27(21-36)19-26-20-34-30-12-6-5-11-28(26)30/h3-6,8-9,11-12,14,16,18,20,22,27,34,36H,7,10,19,21H2,1-2H3,(H,35,37)/t27-/m1/s1. The summed E-state index contributed by atoms with van der Waals surface area (Å²) < 4.78 is 5.92. The molecule has 1 aromatic heterocycles. The first kappa shape index (κ1) is 26.5. The number of hydrogen-bond acceptors (Lipinski definition) is 4. The second kappa shape index (κ2) is 12.6. The molecule has 4 rings (SSSR count). The van der Waals surface area contributed by atoms with Crippen molar-refractivity contribution < 1.29 is 14.6 Å². The third-order valence-corrected chi connectivity index (χ3v) is 6.15. The maximum atomic E-state index is 13.4. The number of aliphatic hydroxyl groups is 1. The summed E-state index contributed by atoms with van der Waals surface area (Å²) in [5.74, 6) is 6.47. The number of aromatic nitrogens is 1. The van der Waals surface area contributed by atoms with Crippen LogP contribution in [-0.4, -0.2) is 34.8 Å². The third kappa shape index (κ3) is 6.62. The number of rotatable bonds is 9. The van der Waals surface area contributed by atoms with Gasteiger partial charge in [-0.25, -0.2) is 0 Å². The first-order valence-corrected chi connectivity index (χ1v) is 12.7. The summed E-state index contributed by atoms with van der Waals surface area (Å²) in [5, 5.41) is 23.0. The monoisotopic (exact) mass is 505 g/mol. The Balaban J connectivity index is 1.58. The molecule has 38 heavy (non-hydrogen) atoms. The second-order valence-electron chi connectivity index (χ2n) is 9.36. The van der Waals surface area contributed by atoms with E-state index in [0.29, 0.717) is 36.1 Å². The van der Waals surface area contributed by atoms with Crippen LogP contribution in [0, 0.1) is 23.2 Å². The van der Waals surface area contributed by atoms with Crippen LogP contribution in [0.4, 0.5) is 0 Å². The van der Waals surface area contributed by atoms with Gasteiger partial charge < -0.3 is 20.1 Å². The molecule has 3 aromatic carbocycles. The number of hydrogen-bond donors (Lipinski definition) is 3. The molecule has 0 aliphatic heterocycles. The molecule has 0 fully saturated rings. The molecular formula is C32H31N3O3. The van der Waals surface area contributed by atoms with Crippen LogP contribution >= 0.6 is 0 Å². The Labute approximate surface area is 223 Å². The third-order valence-electron chi connectivity index (χ3n) is 6.15. The molecule has 1 heterocycles. The van der Waals surface area contributed by atoms with Gasteiger partial charge in [-0.05, 0) is 68.1 Å². The van der Waals surface area contributed by atoms with Crippen molar-refractivity contribution in [1.82, 2.24) is 10.3 Å². The highest BCUT2D eigenvalue weighted by Gasteiger charge is 2.19. The number of carbonyl (C=O) groups is 1. The Morgan fingerprint density at radius 1 is 1.05 bits per heavy atom. The molecule has 0 bridgehead atoms. The number of nitriles is 1. The van der Waals surface area contributed by atoms with E-state index in [1.807, 2.05) is 74.6 Å². The molecule has 6 heteroatoms. The number of nitrogens with zero attached hydrogens (tertiary/aromatic N) is 1. The highest BCUT2D eigenvalue weighted by atomic mass is 16.5. The Kier molecular flexibility index (Phi) is 8.82. The molecule has 3 N–H and O–H groups in total. The number of carbonyl (C=O) groups excluding carboxylic acids is 1. The van der Waals surface area contributed by atoms with E-state index >= 15 is 0 Å². The van der Waals surface area contributed by atoms with Gasteiger partial charge in [0.1, 0.15) is 5.75 Å². The zero-order chi connectivity index (χ0) is 26.9. The lowest BCUT2D eigenvalue weighted by Gasteiger charge is -2.19. The average Bonchev–Trinajstić information content (AvgIpc) is 3.33. The zero-order valence-corrected chi connectivity index (χ0v) is 21.6. The number of amides is 1. The van der Waals surface area contributed by atoms with Crippen LogP contribution in [0.15, 0.2) is 72.9 Å². The Morgan fingerprint density at radius 2 is 1.84 bits per heavy atom. The number of aromatic amines is 1. The summed E-state index contributed by atoms with van der Waals surface area (Å²) in [6.45, 7) is 3.60. The summed E-state index contributed by atoms with van der Waals surface area (Å²) in [6.07, 6.45) is 3.33. The molecule has 0 aliphatic carbocycles. The first-order chi connectivity index (χ1) is 18.5. The lowest BCUT2D eigenvalue weighted by molar-refractivity contribution is 0.0910. The fourth-order valence-electron chi connectivity index (χ4n) is 4.32. The minimum atomic E-state index is -0.477. The Hall–Kier alpha value is -4.52. The van der Waals surface area contributed by atoms with Crippen LogP contribution in [0.1, 0.15) is 52.9 Å². The van der Waals surface area contributed by atoms with E-state index in [1.54, 1.807) is 12.1 Å². The quantitative estimate of drug-likeness (QED) is 0.274. The van der Waals surface area contributed by atoms with Crippen molar-refractivity contribution in [2.24, 2.45) is 0 Å². The molecule has 0 saturated heterocycles. The zero-order valence-electron chi connectivity index (χ0n) is 21.6. The van der Waals surface area contributed by atoms with Gasteiger partial charge in [0.05, 0.1) is 30.4 Å². The molecule has 0 spiro atoms. The molecule has 4 aromatic rings. The van der Waals surface area contributed by atoms with Crippen molar-refractivity contribution in [3.05, 3.63) is 101 Å². The van der Waals surface area contributed by atoms with Crippen molar-refractivity contribution in [1.29, 1.82) is 5.26 Å². The summed E-state index contributed by atoms with van der Waals surface area (Å²) in [5.41, 5.74) is 4.93. The first-order valence-electron chi connectivity index (χ1n) is 12.7. The number of aryl methyl sites for hydroxylation is 1. The summed E-state index contributed by atoms with van der Waals surface area (Å²) in [6, 6.07) is 22.7. The molecule has 1 amide bonds. The fraction of sp³-hybridized carbons (Fsp3) is 0.250. The van der Waals surface area contributed by atoms with Gasteiger partial charge >= 0.3 is 0 Å². The summed E-state index contributed by atoms with van der Waals surface area (Å²) in [7, 11) is 0. The van der Waals surface area contributed by atoms with Crippen LogP contribution in [0.25, 0.3) is 10.9 Å². The number of benzene rings is 3. The average molecular weight is 506 g/mol. The van der Waals surface area contributed by atoms with E-state index in [1.165, 1.54) is 0 Å². The van der Waals surface area contributed by atoms with Crippen LogP contribution in [0.3, 0.4) is 0 Å². The molecule has 1 atom stereocenters. The van der Waals surface area contributed by atoms with Gasteiger partial charge in [0, 0.05) is 34.6 Å². The highest BCUT2D eigenvalue weighted by molar-refractivity contribution is 5.97. The van der Waals surface area contributed by atoms with Gasteiger partial charge in [-0.15, -0.1) is 0 Å². The van der Waals surface area contributed by atoms with E-state index in [9.17, 15) is 9.90 Å². The molecule has 0 unspecified atom stereocenters. The maximum Gasteiger partial charge on any atom is 0.255 e. The van der Waals surface area contributed by atoms with Crippen LogP contribution in [0.5, 0.6) is 5.75 Å². The predicted molar refractivity (Wildman–Crippen MR) is 149 cm³/mol. The van der Waals surface area contributed by atoms with E-state index < -0.39 is 6.04 Å². The summed E-state index contributed by atoms with van der Waals surface area (Å²) >= 11 is 0. The fourth-order valence-corrected chi connectivity index (χ4v) is 4.32. The van der Waals surface area contributed by atoms with E-state index in [-0.39, 0.29) is 18.6 Å². The molecule has 0 radical (unpaired) electrons. The number of H-pyrrole nitrogens is 1. The number of nitrogens with one attached hydrogen (secondary N) is 2. The van der Waals surface area contributed by atoms with Crippen LogP contribution in [0.2, 0.25) is 0 Å². The Bertz CT molecular complexity index is 1520. The SMILES string of the molecule is CC(C)Oc1ccc(C#Cc2ccccc2CCC#N)cc1C(=O)N[C@@H](CO)Cc1c[nH]c2ccccc12. The topological polar surface area (TPSA) is 98.1 Å².